The first-order valence-corrected chi connectivity index (χ1v) is 15.9. The minimum absolute atomic E-state index is 0.551. The van der Waals surface area contributed by atoms with Gasteiger partial charge in [0.25, 0.3) is 0 Å². The van der Waals surface area contributed by atoms with Gasteiger partial charge in [0.2, 0.25) is 0 Å². The van der Waals surface area contributed by atoms with Gasteiger partial charge in [0.15, 0.2) is 0 Å². The lowest BCUT2D eigenvalue weighted by molar-refractivity contribution is -0.0238. The van der Waals surface area contributed by atoms with E-state index in [1.165, 1.54) is 57.8 Å². The van der Waals surface area contributed by atoms with Gasteiger partial charge in [0, 0.05) is 13.2 Å². The summed E-state index contributed by atoms with van der Waals surface area (Å²) in [4.78, 5) is 0. The first-order chi connectivity index (χ1) is 19.3. The molecule has 0 aliphatic carbocycles. The molecule has 0 aromatic carbocycles. The van der Waals surface area contributed by atoms with E-state index in [0.29, 0.717) is 98.4 Å². The number of ether oxygens (including phenoxy) is 8. The zero-order chi connectivity index (χ0) is 28.3. The Morgan fingerprint density at radius 1 is 0.333 bits per heavy atom. The van der Waals surface area contributed by atoms with E-state index >= 15 is 0 Å². The number of hydrogen-bond acceptors (Lipinski definition) is 8. The smallest absolute Gasteiger partial charge is 0.0701 e. The summed E-state index contributed by atoms with van der Waals surface area (Å²) in [5, 5.41) is 0. The van der Waals surface area contributed by atoms with E-state index < -0.39 is 0 Å². The minimum Gasteiger partial charge on any atom is -0.379 e. The Kier molecular flexibility index (Phi) is 35.4. The van der Waals surface area contributed by atoms with Gasteiger partial charge in [-0.2, -0.15) is 0 Å². The van der Waals surface area contributed by atoms with Gasteiger partial charge in [-0.15, -0.1) is 0 Å². The van der Waals surface area contributed by atoms with Crippen LogP contribution < -0.4 is 0 Å². The van der Waals surface area contributed by atoms with Crippen molar-refractivity contribution in [1.82, 2.24) is 0 Å². The second kappa shape index (κ2) is 35.7. The van der Waals surface area contributed by atoms with Crippen LogP contribution in [0.5, 0.6) is 0 Å². The lowest BCUT2D eigenvalue weighted by Crippen LogP contribution is -2.15. The van der Waals surface area contributed by atoms with Crippen molar-refractivity contribution in [3.63, 3.8) is 0 Å². The summed E-state index contributed by atoms with van der Waals surface area (Å²) < 4.78 is 44.2. The van der Waals surface area contributed by atoms with Crippen molar-refractivity contribution in [2.45, 2.75) is 91.4 Å². The summed E-state index contributed by atoms with van der Waals surface area (Å²) >= 11 is 0. The van der Waals surface area contributed by atoms with Crippen LogP contribution in [0.15, 0.2) is 0 Å². The number of rotatable bonds is 35. The predicted octanol–water partition coefficient (Wildman–Crippen LogP) is 6.09. The molecule has 0 saturated carbocycles. The van der Waals surface area contributed by atoms with Gasteiger partial charge >= 0.3 is 0 Å². The molecule has 0 aromatic rings. The van der Waals surface area contributed by atoms with E-state index in [-0.39, 0.29) is 0 Å². The Labute approximate surface area is 241 Å². The lowest BCUT2D eigenvalue weighted by Gasteiger charge is -2.10. The topological polar surface area (TPSA) is 73.8 Å². The number of hydrogen-bond donors (Lipinski definition) is 0. The second-order valence-corrected chi connectivity index (χ2v) is 10.1. The van der Waals surface area contributed by atoms with Gasteiger partial charge in [-0.05, 0) is 12.3 Å². The van der Waals surface area contributed by atoms with Crippen LogP contribution in [0.4, 0.5) is 0 Å². The molecule has 39 heavy (non-hydrogen) atoms. The van der Waals surface area contributed by atoms with Gasteiger partial charge in [0.05, 0.1) is 92.5 Å². The highest BCUT2D eigenvalue weighted by atomic mass is 16.6. The summed E-state index contributed by atoms with van der Waals surface area (Å²) in [6.07, 6.45) is 14.6. The summed E-state index contributed by atoms with van der Waals surface area (Å²) in [5.41, 5.74) is 0. The molecule has 0 N–H and O–H groups in total. The Morgan fingerprint density at radius 2 is 0.615 bits per heavy atom. The molecular weight excluding hydrogens is 500 g/mol. The average Bonchev–Trinajstić information content (AvgIpc) is 2.95. The van der Waals surface area contributed by atoms with E-state index in [9.17, 15) is 0 Å². The molecule has 0 rings (SSSR count). The Hall–Kier alpha value is -0.320. The summed E-state index contributed by atoms with van der Waals surface area (Å²) in [7, 11) is 0. The zero-order valence-electron chi connectivity index (χ0n) is 25.9. The van der Waals surface area contributed by atoms with Gasteiger partial charge in [-0.3, -0.25) is 0 Å². The second-order valence-electron chi connectivity index (χ2n) is 10.1. The summed E-state index contributed by atoms with van der Waals surface area (Å²) in [5.74, 6) is 0.608. The molecule has 0 aliphatic heterocycles. The van der Waals surface area contributed by atoms with Crippen molar-refractivity contribution in [3.05, 3.63) is 0 Å². The van der Waals surface area contributed by atoms with E-state index in [4.69, 9.17) is 37.9 Å². The van der Waals surface area contributed by atoms with Crippen LogP contribution >= 0.6 is 0 Å². The first kappa shape index (κ1) is 38.7. The molecule has 0 aliphatic rings. The minimum atomic E-state index is 0.551. The lowest BCUT2D eigenvalue weighted by atomic mass is 10.1. The highest BCUT2D eigenvalue weighted by Crippen LogP contribution is 2.10. The third kappa shape index (κ3) is 35.7. The number of unbranched alkanes of at least 4 members (excludes halogenated alkanes) is 9. The maximum absolute atomic E-state index is 5.64. The predicted molar refractivity (Wildman–Crippen MR) is 158 cm³/mol. The van der Waals surface area contributed by atoms with Gasteiger partial charge in [-0.1, -0.05) is 85.0 Å². The quantitative estimate of drug-likeness (QED) is 0.0857. The van der Waals surface area contributed by atoms with Crippen LogP contribution in [0, 0.1) is 5.92 Å². The highest BCUT2D eigenvalue weighted by Gasteiger charge is 1.99. The Balaban J connectivity index is 3.03. The maximum Gasteiger partial charge on any atom is 0.0701 e. The first-order valence-electron chi connectivity index (χ1n) is 15.9. The maximum atomic E-state index is 5.64. The molecule has 236 valence electrons. The van der Waals surface area contributed by atoms with Crippen LogP contribution in [0.2, 0.25) is 0 Å². The van der Waals surface area contributed by atoms with Crippen LogP contribution in [0.3, 0.4) is 0 Å². The Bertz CT molecular complexity index is 427. The standard InChI is InChI=1S/C31H64O8/c1-4-6-7-8-9-10-11-12-13-14-15-32-16-17-33-18-19-34-20-21-35-22-23-36-24-25-37-26-27-38-28-29-39-30-31(3)5-2/h31H,4-30H2,1-3H3. The zero-order valence-corrected chi connectivity index (χ0v) is 25.9. The largest absolute Gasteiger partial charge is 0.379 e. The van der Waals surface area contributed by atoms with Crippen molar-refractivity contribution in [3.8, 4) is 0 Å². The van der Waals surface area contributed by atoms with E-state index in [2.05, 4.69) is 20.8 Å². The van der Waals surface area contributed by atoms with Crippen molar-refractivity contribution in [1.29, 1.82) is 0 Å². The molecule has 1 atom stereocenters. The van der Waals surface area contributed by atoms with Crippen LogP contribution in [-0.4, -0.2) is 106 Å². The monoisotopic (exact) mass is 564 g/mol. The van der Waals surface area contributed by atoms with E-state index in [1.54, 1.807) is 0 Å². The molecule has 0 saturated heterocycles. The van der Waals surface area contributed by atoms with Crippen LogP contribution in [-0.2, 0) is 37.9 Å². The normalized spacial score (nSPS) is 12.4. The molecule has 0 fully saturated rings. The third-order valence-corrected chi connectivity index (χ3v) is 6.35. The summed E-state index contributed by atoms with van der Waals surface area (Å²) in [6.45, 7) is 16.4. The van der Waals surface area contributed by atoms with Crippen LogP contribution in [0.25, 0.3) is 0 Å². The summed E-state index contributed by atoms with van der Waals surface area (Å²) in [6, 6.07) is 0. The molecule has 1 unspecified atom stereocenters. The molecule has 0 heterocycles. The SMILES string of the molecule is CCCCCCCCCCCCOCCOCCOCCOCCOCCOCCOCCOCC(C)CC. The molecule has 0 aromatic heterocycles. The molecule has 0 amide bonds. The molecular formula is C31H64O8. The fraction of sp³-hybridized carbons (Fsp3) is 1.00. The van der Waals surface area contributed by atoms with Crippen LogP contribution in [0.1, 0.15) is 91.4 Å². The third-order valence-electron chi connectivity index (χ3n) is 6.35. The van der Waals surface area contributed by atoms with Gasteiger partial charge in [0.1, 0.15) is 0 Å². The highest BCUT2D eigenvalue weighted by molar-refractivity contribution is 4.48. The van der Waals surface area contributed by atoms with E-state index in [0.717, 1.165) is 26.1 Å². The van der Waals surface area contributed by atoms with Crippen molar-refractivity contribution in [2.24, 2.45) is 5.92 Å². The molecule has 0 radical (unpaired) electrons. The van der Waals surface area contributed by atoms with Crippen molar-refractivity contribution in [2.75, 3.05) is 106 Å². The van der Waals surface area contributed by atoms with Gasteiger partial charge in [-0.25, -0.2) is 0 Å². The molecule has 8 nitrogen and oxygen atoms in total. The fourth-order valence-electron chi connectivity index (χ4n) is 3.63. The van der Waals surface area contributed by atoms with E-state index in [1.807, 2.05) is 0 Å². The molecule has 8 heteroatoms. The average molecular weight is 565 g/mol. The van der Waals surface area contributed by atoms with Crippen molar-refractivity contribution < 1.29 is 37.9 Å². The van der Waals surface area contributed by atoms with Gasteiger partial charge < -0.3 is 37.9 Å². The fourth-order valence-corrected chi connectivity index (χ4v) is 3.63. The van der Waals surface area contributed by atoms with Crippen molar-refractivity contribution >= 4 is 0 Å². The molecule has 0 bridgehead atoms. The molecule has 0 spiro atoms. The Morgan fingerprint density at radius 3 is 0.949 bits per heavy atom.